The average Bonchev–Trinajstić information content (AvgIpc) is 2.64. The Morgan fingerprint density at radius 1 is 1.35 bits per heavy atom. The van der Waals surface area contributed by atoms with Gasteiger partial charge in [0.25, 0.3) is 10.1 Å². The van der Waals surface area contributed by atoms with E-state index in [2.05, 4.69) is 0 Å². The van der Waals surface area contributed by atoms with Crippen LogP contribution >= 0.6 is 0 Å². The summed E-state index contributed by atoms with van der Waals surface area (Å²) in [5.41, 5.74) is 0.881. The summed E-state index contributed by atoms with van der Waals surface area (Å²) >= 11 is 0. The smallest absolute Gasteiger partial charge is 0.264 e. The van der Waals surface area contributed by atoms with Crippen LogP contribution in [0.5, 0.6) is 0 Å². The number of anilines is 1. The topological polar surface area (TPSA) is 46.6 Å². The van der Waals surface area contributed by atoms with Crippen LogP contribution in [0, 0.1) is 5.82 Å². The average molecular weight is 259 g/mol. The van der Waals surface area contributed by atoms with Crippen LogP contribution in [0.4, 0.5) is 10.1 Å². The zero-order chi connectivity index (χ0) is 12.5. The van der Waals surface area contributed by atoms with Gasteiger partial charge in [-0.3, -0.25) is 4.18 Å². The number of halogens is 1. The molecule has 1 heterocycles. The highest BCUT2D eigenvalue weighted by Gasteiger charge is 2.26. The molecular formula is C11H14FNO3S. The third kappa shape index (κ3) is 3.41. The van der Waals surface area contributed by atoms with Crippen LogP contribution in [0.25, 0.3) is 0 Å². The van der Waals surface area contributed by atoms with Crippen molar-refractivity contribution in [1.29, 1.82) is 0 Å². The molecule has 0 N–H and O–H groups in total. The Bertz CT molecular complexity index is 486. The molecule has 0 aliphatic carbocycles. The Morgan fingerprint density at radius 3 is 2.59 bits per heavy atom. The molecule has 1 saturated heterocycles. The van der Waals surface area contributed by atoms with E-state index >= 15 is 0 Å². The first-order chi connectivity index (χ1) is 7.94. The van der Waals surface area contributed by atoms with E-state index in [-0.39, 0.29) is 11.9 Å². The predicted molar refractivity (Wildman–Crippen MR) is 62.9 cm³/mol. The van der Waals surface area contributed by atoms with Gasteiger partial charge < -0.3 is 4.90 Å². The molecule has 0 radical (unpaired) electrons. The second-order valence-electron chi connectivity index (χ2n) is 4.13. The molecule has 0 saturated carbocycles. The molecule has 1 aliphatic heterocycles. The lowest BCUT2D eigenvalue weighted by Gasteiger charge is -2.18. The molecule has 0 bridgehead atoms. The van der Waals surface area contributed by atoms with Crippen molar-refractivity contribution in [2.75, 3.05) is 24.2 Å². The number of rotatable bonds is 3. The molecular weight excluding hydrogens is 245 g/mol. The molecule has 0 aromatic heterocycles. The number of benzene rings is 1. The van der Waals surface area contributed by atoms with Crippen LogP contribution in [0.1, 0.15) is 6.42 Å². The first kappa shape index (κ1) is 12.3. The minimum absolute atomic E-state index is 0.281. The van der Waals surface area contributed by atoms with Crippen molar-refractivity contribution in [3.05, 3.63) is 30.1 Å². The molecule has 1 aromatic rings. The summed E-state index contributed by atoms with van der Waals surface area (Å²) in [6, 6.07) is 6.14. The summed E-state index contributed by atoms with van der Waals surface area (Å²) in [4.78, 5) is 1.98. The summed E-state index contributed by atoms with van der Waals surface area (Å²) in [5.74, 6) is -0.281. The maximum atomic E-state index is 12.8. The second-order valence-corrected chi connectivity index (χ2v) is 5.73. The van der Waals surface area contributed by atoms with Gasteiger partial charge in [-0.05, 0) is 30.7 Å². The van der Waals surface area contributed by atoms with Gasteiger partial charge >= 0.3 is 0 Å². The maximum Gasteiger partial charge on any atom is 0.264 e. The number of hydrogen-bond acceptors (Lipinski definition) is 4. The summed E-state index contributed by atoms with van der Waals surface area (Å²) in [7, 11) is -3.41. The third-order valence-electron chi connectivity index (χ3n) is 2.65. The molecule has 94 valence electrons. The van der Waals surface area contributed by atoms with E-state index in [4.69, 9.17) is 4.18 Å². The van der Waals surface area contributed by atoms with E-state index in [0.717, 1.165) is 11.9 Å². The van der Waals surface area contributed by atoms with E-state index in [1.54, 1.807) is 12.1 Å². The predicted octanol–water partition coefficient (Wildman–Crippen LogP) is 1.38. The minimum Gasteiger partial charge on any atom is -0.369 e. The minimum atomic E-state index is -3.41. The van der Waals surface area contributed by atoms with Crippen molar-refractivity contribution in [1.82, 2.24) is 0 Å². The molecule has 1 atom stereocenters. The lowest BCUT2D eigenvalue weighted by molar-refractivity contribution is 0.234. The van der Waals surface area contributed by atoms with Crippen LogP contribution in [0.15, 0.2) is 24.3 Å². The Morgan fingerprint density at radius 2 is 2.00 bits per heavy atom. The Hall–Kier alpha value is -1.14. The van der Waals surface area contributed by atoms with Gasteiger partial charge in [-0.25, -0.2) is 4.39 Å². The largest absolute Gasteiger partial charge is 0.369 e. The molecule has 0 amide bonds. The van der Waals surface area contributed by atoms with E-state index in [9.17, 15) is 12.8 Å². The van der Waals surface area contributed by atoms with E-state index < -0.39 is 10.1 Å². The molecule has 17 heavy (non-hydrogen) atoms. The Balaban J connectivity index is 2.00. The van der Waals surface area contributed by atoms with Crippen molar-refractivity contribution in [3.63, 3.8) is 0 Å². The highest BCUT2D eigenvalue weighted by Crippen LogP contribution is 2.22. The van der Waals surface area contributed by atoms with Gasteiger partial charge in [-0.2, -0.15) is 8.42 Å². The first-order valence-electron chi connectivity index (χ1n) is 5.33. The summed E-state index contributed by atoms with van der Waals surface area (Å²) in [6.07, 6.45) is 1.40. The molecule has 1 fully saturated rings. The van der Waals surface area contributed by atoms with Crippen LogP contribution in [0.3, 0.4) is 0 Å². The molecule has 6 heteroatoms. The zero-order valence-corrected chi connectivity index (χ0v) is 10.3. The second kappa shape index (κ2) is 4.62. The third-order valence-corrected chi connectivity index (χ3v) is 3.27. The fourth-order valence-electron chi connectivity index (χ4n) is 1.94. The molecule has 0 spiro atoms. The fourth-order valence-corrected chi connectivity index (χ4v) is 2.59. The van der Waals surface area contributed by atoms with Crippen molar-refractivity contribution >= 4 is 15.8 Å². The summed E-state index contributed by atoms with van der Waals surface area (Å²) < 4.78 is 39.7. The normalized spacial score (nSPS) is 20.8. The highest BCUT2D eigenvalue weighted by atomic mass is 32.2. The fraction of sp³-hybridized carbons (Fsp3) is 0.455. The SMILES string of the molecule is CS(=O)(=O)OC1CCN(c2ccc(F)cc2)C1. The van der Waals surface area contributed by atoms with Crippen LogP contribution < -0.4 is 4.90 Å². The Kier molecular flexibility index (Phi) is 3.35. The molecule has 1 unspecified atom stereocenters. The highest BCUT2D eigenvalue weighted by molar-refractivity contribution is 7.86. The van der Waals surface area contributed by atoms with Crippen LogP contribution in [0.2, 0.25) is 0 Å². The molecule has 1 aliphatic rings. The van der Waals surface area contributed by atoms with Crippen LogP contribution in [-0.2, 0) is 14.3 Å². The lowest BCUT2D eigenvalue weighted by Crippen LogP contribution is -2.24. The molecule has 2 rings (SSSR count). The lowest BCUT2D eigenvalue weighted by atomic mass is 10.3. The first-order valence-corrected chi connectivity index (χ1v) is 7.14. The molecule has 4 nitrogen and oxygen atoms in total. The van der Waals surface area contributed by atoms with Gasteiger partial charge in [0.05, 0.1) is 12.4 Å². The monoisotopic (exact) mass is 259 g/mol. The van der Waals surface area contributed by atoms with Gasteiger partial charge in [0.15, 0.2) is 0 Å². The maximum absolute atomic E-state index is 12.8. The summed E-state index contributed by atoms with van der Waals surface area (Å²) in [5, 5.41) is 0. The molecule has 1 aromatic carbocycles. The quantitative estimate of drug-likeness (QED) is 0.769. The van der Waals surface area contributed by atoms with Crippen molar-refractivity contribution in [2.45, 2.75) is 12.5 Å². The van der Waals surface area contributed by atoms with E-state index in [1.807, 2.05) is 4.90 Å². The van der Waals surface area contributed by atoms with Gasteiger partial charge in [0, 0.05) is 18.8 Å². The number of nitrogens with zero attached hydrogens (tertiary/aromatic N) is 1. The van der Waals surface area contributed by atoms with Crippen molar-refractivity contribution < 1.29 is 17.0 Å². The van der Waals surface area contributed by atoms with E-state index in [1.165, 1.54) is 12.1 Å². The Labute approximate surface area is 100 Å². The standard InChI is InChI=1S/C11H14FNO3S/c1-17(14,15)16-11-6-7-13(8-11)10-4-2-9(12)3-5-10/h2-5,11H,6-8H2,1H3. The van der Waals surface area contributed by atoms with Gasteiger partial charge in [0.1, 0.15) is 5.82 Å². The summed E-state index contributed by atoms with van der Waals surface area (Å²) in [6.45, 7) is 1.23. The number of hydrogen-bond donors (Lipinski definition) is 0. The van der Waals surface area contributed by atoms with Crippen LogP contribution in [-0.4, -0.2) is 33.9 Å². The van der Waals surface area contributed by atoms with Gasteiger partial charge in [-0.1, -0.05) is 0 Å². The van der Waals surface area contributed by atoms with E-state index in [0.29, 0.717) is 19.5 Å². The van der Waals surface area contributed by atoms with Gasteiger partial charge in [-0.15, -0.1) is 0 Å². The van der Waals surface area contributed by atoms with Gasteiger partial charge in [0.2, 0.25) is 0 Å². The van der Waals surface area contributed by atoms with Crippen molar-refractivity contribution in [3.8, 4) is 0 Å². The van der Waals surface area contributed by atoms with Crippen molar-refractivity contribution in [2.24, 2.45) is 0 Å². The zero-order valence-electron chi connectivity index (χ0n) is 9.47.